The first-order chi connectivity index (χ1) is 4.84. The summed E-state index contributed by atoms with van der Waals surface area (Å²) in [7, 11) is 1.95. The third-order valence-electron chi connectivity index (χ3n) is 2.34. The number of nitrogens with one attached hydrogen (secondary N) is 1. The number of aliphatic hydroxyl groups excluding tert-OH is 1. The van der Waals surface area contributed by atoms with Gasteiger partial charge in [0.25, 0.3) is 0 Å². The number of hydrogen-bond acceptors (Lipinski definition) is 2. The molecule has 1 fully saturated rings. The van der Waals surface area contributed by atoms with Gasteiger partial charge in [-0.1, -0.05) is 12.8 Å². The Labute approximate surface area is 62.6 Å². The van der Waals surface area contributed by atoms with Gasteiger partial charge < -0.3 is 10.4 Å². The highest BCUT2D eigenvalue weighted by molar-refractivity contribution is 4.75. The molecule has 0 aromatic heterocycles. The van der Waals surface area contributed by atoms with Crippen molar-refractivity contribution in [3.63, 3.8) is 0 Å². The van der Waals surface area contributed by atoms with Gasteiger partial charge in [0, 0.05) is 6.54 Å². The summed E-state index contributed by atoms with van der Waals surface area (Å²) in [5.74, 6) is 0.513. The van der Waals surface area contributed by atoms with E-state index >= 15 is 0 Å². The van der Waals surface area contributed by atoms with Gasteiger partial charge in [0.1, 0.15) is 0 Å². The van der Waals surface area contributed by atoms with Crippen molar-refractivity contribution < 1.29 is 5.11 Å². The van der Waals surface area contributed by atoms with Gasteiger partial charge in [-0.3, -0.25) is 0 Å². The van der Waals surface area contributed by atoms with Crippen LogP contribution in [-0.4, -0.2) is 24.8 Å². The maximum Gasteiger partial charge on any atom is 0.0580 e. The minimum Gasteiger partial charge on any atom is -0.393 e. The van der Waals surface area contributed by atoms with Gasteiger partial charge in [0.05, 0.1) is 6.10 Å². The van der Waals surface area contributed by atoms with Crippen LogP contribution in [0.25, 0.3) is 0 Å². The molecule has 2 N–H and O–H groups in total. The van der Waals surface area contributed by atoms with E-state index in [2.05, 4.69) is 5.32 Å². The van der Waals surface area contributed by atoms with Crippen molar-refractivity contribution in [2.75, 3.05) is 13.6 Å². The summed E-state index contributed by atoms with van der Waals surface area (Å²) < 4.78 is 0. The molecule has 0 unspecified atom stereocenters. The molecule has 2 atom stereocenters. The lowest BCUT2D eigenvalue weighted by molar-refractivity contribution is 0.0707. The van der Waals surface area contributed by atoms with Crippen molar-refractivity contribution in [3.8, 4) is 0 Å². The first-order valence-corrected chi connectivity index (χ1v) is 4.17. The van der Waals surface area contributed by atoms with Gasteiger partial charge >= 0.3 is 0 Å². The van der Waals surface area contributed by atoms with E-state index in [1.54, 1.807) is 0 Å². The third-order valence-corrected chi connectivity index (χ3v) is 2.34. The molecule has 60 valence electrons. The second-order valence-electron chi connectivity index (χ2n) is 3.17. The number of aliphatic hydroxyl groups is 1. The minimum atomic E-state index is -0.0406. The summed E-state index contributed by atoms with van der Waals surface area (Å²) in [5.41, 5.74) is 0. The summed E-state index contributed by atoms with van der Waals surface area (Å²) in [6.45, 7) is 0.973. The molecule has 0 saturated heterocycles. The summed E-state index contributed by atoms with van der Waals surface area (Å²) >= 11 is 0. The lowest BCUT2D eigenvalue weighted by Crippen LogP contribution is -2.32. The molecule has 1 aliphatic rings. The third kappa shape index (κ3) is 1.96. The van der Waals surface area contributed by atoms with Crippen LogP contribution < -0.4 is 5.32 Å². The number of rotatable bonds is 2. The summed E-state index contributed by atoms with van der Waals surface area (Å²) in [6, 6.07) is 0. The van der Waals surface area contributed by atoms with Crippen LogP contribution in [0.2, 0.25) is 0 Å². The van der Waals surface area contributed by atoms with Gasteiger partial charge in [-0.2, -0.15) is 0 Å². The molecule has 0 aliphatic heterocycles. The van der Waals surface area contributed by atoms with Crippen LogP contribution in [0.4, 0.5) is 0 Å². The van der Waals surface area contributed by atoms with Gasteiger partial charge in [0.15, 0.2) is 0 Å². The Kier molecular flexibility index (Phi) is 3.16. The topological polar surface area (TPSA) is 32.3 Å². The Bertz CT molecular complexity index is 93.3. The molecule has 10 heavy (non-hydrogen) atoms. The first-order valence-electron chi connectivity index (χ1n) is 4.17. The average molecular weight is 143 g/mol. The smallest absolute Gasteiger partial charge is 0.0580 e. The second kappa shape index (κ2) is 3.94. The fraction of sp³-hybridized carbons (Fsp3) is 1.00. The van der Waals surface area contributed by atoms with Crippen molar-refractivity contribution in [2.45, 2.75) is 31.8 Å². The SMILES string of the molecule is CNC[C@@H]1CCCC[C@@H]1O. The monoisotopic (exact) mass is 143 g/mol. The second-order valence-corrected chi connectivity index (χ2v) is 3.17. The Morgan fingerprint density at radius 2 is 2.10 bits per heavy atom. The molecular formula is C8H17NO. The zero-order valence-electron chi connectivity index (χ0n) is 6.64. The fourth-order valence-electron chi connectivity index (χ4n) is 1.69. The van der Waals surface area contributed by atoms with Crippen LogP contribution in [0, 0.1) is 5.92 Å². The van der Waals surface area contributed by atoms with Crippen LogP contribution in [0.3, 0.4) is 0 Å². The van der Waals surface area contributed by atoms with E-state index < -0.39 is 0 Å². The molecule has 2 heteroatoms. The van der Waals surface area contributed by atoms with Crippen LogP contribution in [-0.2, 0) is 0 Å². The normalized spacial score (nSPS) is 34.2. The van der Waals surface area contributed by atoms with E-state index in [1.165, 1.54) is 19.3 Å². The maximum absolute atomic E-state index is 9.46. The molecule has 0 aromatic carbocycles. The molecule has 1 aliphatic carbocycles. The fourth-order valence-corrected chi connectivity index (χ4v) is 1.69. The van der Waals surface area contributed by atoms with Gasteiger partial charge in [-0.25, -0.2) is 0 Å². The molecule has 1 saturated carbocycles. The van der Waals surface area contributed by atoms with Gasteiger partial charge in [0.2, 0.25) is 0 Å². The molecule has 0 spiro atoms. The van der Waals surface area contributed by atoms with E-state index in [1.807, 2.05) is 7.05 Å². The van der Waals surface area contributed by atoms with E-state index in [0.717, 1.165) is 13.0 Å². The molecule has 0 bridgehead atoms. The highest BCUT2D eigenvalue weighted by Gasteiger charge is 2.21. The predicted octanol–water partition coefficient (Wildman–Crippen LogP) is 0.757. The van der Waals surface area contributed by atoms with Crippen molar-refractivity contribution in [1.82, 2.24) is 5.32 Å². The zero-order chi connectivity index (χ0) is 7.40. The average Bonchev–Trinajstić information content (AvgIpc) is 1.94. The molecular weight excluding hydrogens is 126 g/mol. The molecule has 0 heterocycles. The lowest BCUT2D eigenvalue weighted by Gasteiger charge is -2.26. The van der Waals surface area contributed by atoms with Crippen LogP contribution >= 0.6 is 0 Å². The van der Waals surface area contributed by atoms with E-state index in [4.69, 9.17) is 0 Å². The van der Waals surface area contributed by atoms with Crippen LogP contribution in [0.1, 0.15) is 25.7 Å². The van der Waals surface area contributed by atoms with E-state index in [0.29, 0.717) is 5.92 Å². The highest BCUT2D eigenvalue weighted by atomic mass is 16.3. The molecule has 0 radical (unpaired) electrons. The highest BCUT2D eigenvalue weighted by Crippen LogP contribution is 2.23. The number of hydrogen-bond donors (Lipinski definition) is 2. The Hall–Kier alpha value is -0.0800. The largest absolute Gasteiger partial charge is 0.393 e. The lowest BCUT2D eigenvalue weighted by atomic mass is 9.86. The summed E-state index contributed by atoms with van der Waals surface area (Å²) in [4.78, 5) is 0. The van der Waals surface area contributed by atoms with Crippen LogP contribution in [0.5, 0.6) is 0 Å². The Morgan fingerprint density at radius 3 is 2.70 bits per heavy atom. The zero-order valence-corrected chi connectivity index (χ0v) is 6.64. The molecule has 0 aromatic rings. The minimum absolute atomic E-state index is 0.0406. The summed E-state index contributed by atoms with van der Waals surface area (Å²) in [6.07, 6.45) is 4.67. The molecule has 2 nitrogen and oxygen atoms in total. The van der Waals surface area contributed by atoms with Crippen molar-refractivity contribution in [1.29, 1.82) is 0 Å². The standard InChI is InChI=1S/C8H17NO/c1-9-6-7-4-2-3-5-8(7)10/h7-10H,2-6H2,1H3/t7-,8-/m0/s1. The molecule has 0 amide bonds. The van der Waals surface area contributed by atoms with Crippen molar-refractivity contribution in [3.05, 3.63) is 0 Å². The quantitative estimate of drug-likeness (QED) is 0.598. The van der Waals surface area contributed by atoms with E-state index in [-0.39, 0.29) is 6.10 Å². The van der Waals surface area contributed by atoms with Gasteiger partial charge in [-0.15, -0.1) is 0 Å². The Morgan fingerprint density at radius 1 is 1.40 bits per heavy atom. The molecule has 1 rings (SSSR count). The first kappa shape index (κ1) is 8.02. The predicted molar refractivity (Wildman–Crippen MR) is 41.9 cm³/mol. The van der Waals surface area contributed by atoms with Crippen molar-refractivity contribution >= 4 is 0 Å². The van der Waals surface area contributed by atoms with Crippen LogP contribution in [0.15, 0.2) is 0 Å². The van der Waals surface area contributed by atoms with Gasteiger partial charge in [-0.05, 0) is 25.8 Å². The summed E-state index contributed by atoms with van der Waals surface area (Å²) in [5, 5.41) is 12.6. The van der Waals surface area contributed by atoms with Crippen molar-refractivity contribution in [2.24, 2.45) is 5.92 Å². The maximum atomic E-state index is 9.46. The van der Waals surface area contributed by atoms with E-state index in [9.17, 15) is 5.11 Å². The Balaban J connectivity index is 2.25.